The number of ether oxygens (including phenoxy) is 1. The van der Waals surface area contributed by atoms with Gasteiger partial charge in [0.1, 0.15) is 6.10 Å². The molecule has 3 rings (SSSR count). The van der Waals surface area contributed by atoms with E-state index in [1.54, 1.807) is 0 Å². The third kappa shape index (κ3) is 2.97. The van der Waals surface area contributed by atoms with Crippen LogP contribution in [0.15, 0.2) is 11.6 Å². The molecule has 1 heterocycles. The molecule has 1 saturated carbocycles. The fourth-order valence-electron chi connectivity index (χ4n) is 4.52. The Balaban J connectivity index is 1.81. The van der Waals surface area contributed by atoms with Gasteiger partial charge in [-0.3, -0.25) is 4.79 Å². The number of carbonyl (C=O) groups excluding carboxylic acids is 1. The van der Waals surface area contributed by atoms with E-state index in [1.165, 1.54) is 24.8 Å². The molecule has 0 aromatic rings. The summed E-state index contributed by atoms with van der Waals surface area (Å²) in [6, 6.07) is 0. The van der Waals surface area contributed by atoms with Crippen LogP contribution < -0.4 is 0 Å². The van der Waals surface area contributed by atoms with Crippen LogP contribution >= 0.6 is 0 Å². The second-order valence-corrected chi connectivity index (χ2v) is 8.12. The Hall–Kier alpha value is -0.830. The number of nitrogens with zero attached hydrogens (tertiary/aromatic N) is 1. The van der Waals surface area contributed by atoms with Gasteiger partial charge >= 0.3 is 5.97 Å². The van der Waals surface area contributed by atoms with E-state index in [0.717, 1.165) is 25.9 Å². The number of hydrogen-bond acceptors (Lipinski definition) is 3. The largest absolute Gasteiger partial charge is 0.461 e. The Kier molecular flexibility index (Phi) is 4.37. The molecule has 2 fully saturated rings. The summed E-state index contributed by atoms with van der Waals surface area (Å²) in [6.45, 7) is 8.62. The van der Waals surface area contributed by atoms with Crippen molar-refractivity contribution in [3.8, 4) is 0 Å². The lowest BCUT2D eigenvalue weighted by molar-refractivity contribution is -0.145. The van der Waals surface area contributed by atoms with E-state index in [2.05, 4.69) is 38.8 Å². The zero-order chi connectivity index (χ0) is 15.9. The number of fused-ring (bicyclic) bond motifs is 3. The van der Waals surface area contributed by atoms with Gasteiger partial charge in [-0.05, 0) is 58.0 Å². The Morgan fingerprint density at radius 2 is 2.23 bits per heavy atom. The number of carbonyl (C=O) groups is 1. The van der Waals surface area contributed by atoms with Crippen molar-refractivity contribution in [1.29, 1.82) is 0 Å². The monoisotopic (exact) mass is 305 g/mol. The lowest BCUT2D eigenvalue weighted by Gasteiger charge is -2.26. The van der Waals surface area contributed by atoms with Crippen LogP contribution in [0.3, 0.4) is 0 Å². The first-order chi connectivity index (χ1) is 10.4. The van der Waals surface area contributed by atoms with Crippen molar-refractivity contribution < 1.29 is 9.53 Å². The van der Waals surface area contributed by atoms with Gasteiger partial charge in [0.25, 0.3) is 0 Å². The van der Waals surface area contributed by atoms with Crippen LogP contribution in [-0.4, -0.2) is 37.1 Å². The van der Waals surface area contributed by atoms with Gasteiger partial charge in [0.15, 0.2) is 0 Å². The van der Waals surface area contributed by atoms with Crippen molar-refractivity contribution in [3.63, 3.8) is 0 Å². The topological polar surface area (TPSA) is 29.5 Å². The molecular weight excluding hydrogens is 274 g/mol. The van der Waals surface area contributed by atoms with Gasteiger partial charge in [-0.1, -0.05) is 25.5 Å². The van der Waals surface area contributed by atoms with Gasteiger partial charge in [-0.15, -0.1) is 0 Å². The van der Waals surface area contributed by atoms with Crippen LogP contribution in [0.25, 0.3) is 0 Å². The molecule has 5 unspecified atom stereocenters. The van der Waals surface area contributed by atoms with Gasteiger partial charge in [0.05, 0.1) is 5.92 Å². The molecule has 0 spiro atoms. The standard InChI is InChI=1S/C19H31NO2/c1-5-20(4)12-15-14-9-8-13(2)7-6-10-19(3)11-16(19)17(14)22-18(15)21/h7,14-17H,5-6,8-12H2,1-4H3. The molecule has 0 aromatic heterocycles. The van der Waals surface area contributed by atoms with Gasteiger partial charge in [0, 0.05) is 18.4 Å². The minimum absolute atomic E-state index is 0.0606. The van der Waals surface area contributed by atoms with Crippen molar-refractivity contribution in [3.05, 3.63) is 11.6 Å². The molecule has 1 saturated heterocycles. The molecule has 0 aromatic carbocycles. The van der Waals surface area contributed by atoms with Crippen molar-refractivity contribution in [2.75, 3.05) is 20.1 Å². The average molecular weight is 305 g/mol. The molecule has 0 amide bonds. The van der Waals surface area contributed by atoms with E-state index in [9.17, 15) is 4.79 Å². The molecule has 0 radical (unpaired) electrons. The molecule has 3 nitrogen and oxygen atoms in total. The summed E-state index contributed by atoms with van der Waals surface area (Å²) in [4.78, 5) is 14.7. The zero-order valence-corrected chi connectivity index (χ0v) is 14.6. The average Bonchev–Trinajstić information content (AvgIpc) is 3.05. The number of esters is 1. The van der Waals surface area contributed by atoms with E-state index in [4.69, 9.17) is 4.74 Å². The quantitative estimate of drug-likeness (QED) is 0.589. The summed E-state index contributed by atoms with van der Waals surface area (Å²) in [5.41, 5.74) is 1.89. The molecule has 2 aliphatic carbocycles. The fourth-order valence-corrected chi connectivity index (χ4v) is 4.52. The summed E-state index contributed by atoms with van der Waals surface area (Å²) < 4.78 is 5.92. The molecule has 124 valence electrons. The van der Waals surface area contributed by atoms with E-state index >= 15 is 0 Å². The first-order valence-corrected chi connectivity index (χ1v) is 8.99. The van der Waals surface area contributed by atoms with Crippen molar-refractivity contribution in [1.82, 2.24) is 4.90 Å². The maximum Gasteiger partial charge on any atom is 0.310 e. The Labute approximate surface area is 135 Å². The third-order valence-electron chi connectivity index (χ3n) is 6.44. The van der Waals surface area contributed by atoms with Gasteiger partial charge in [0.2, 0.25) is 0 Å². The van der Waals surface area contributed by atoms with E-state index in [-0.39, 0.29) is 18.0 Å². The summed E-state index contributed by atoms with van der Waals surface area (Å²) in [5, 5.41) is 0. The summed E-state index contributed by atoms with van der Waals surface area (Å²) in [5.74, 6) is 1.15. The number of rotatable bonds is 3. The van der Waals surface area contributed by atoms with Gasteiger partial charge in [-0.25, -0.2) is 0 Å². The second kappa shape index (κ2) is 5.99. The van der Waals surface area contributed by atoms with Gasteiger partial charge < -0.3 is 9.64 Å². The van der Waals surface area contributed by atoms with Gasteiger partial charge in [-0.2, -0.15) is 0 Å². The SMILES string of the molecule is CCN(C)CC1C(=O)OC2C1CCC(C)=CCCC1(C)CC21. The Morgan fingerprint density at radius 1 is 1.45 bits per heavy atom. The first kappa shape index (κ1) is 16.0. The van der Waals surface area contributed by atoms with E-state index in [0.29, 0.717) is 17.3 Å². The predicted molar refractivity (Wildman–Crippen MR) is 88.5 cm³/mol. The maximum atomic E-state index is 12.5. The normalized spacial score (nSPS) is 41.5. The lowest BCUT2D eigenvalue weighted by Crippen LogP contribution is -2.33. The summed E-state index contributed by atoms with van der Waals surface area (Å²) in [6.07, 6.45) is 8.50. The van der Waals surface area contributed by atoms with Crippen LogP contribution in [0.5, 0.6) is 0 Å². The minimum atomic E-state index is 0.0606. The van der Waals surface area contributed by atoms with Crippen molar-refractivity contribution in [2.24, 2.45) is 23.2 Å². The van der Waals surface area contributed by atoms with Crippen LogP contribution in [0.2, 0.25) is 0 Å². The number of hydrogen-bond donors (Lipinski definition) is 0. The second-order valence-electron chi connectivity index (χ2n) is 8.12. The summed E-state index contributed by atoms with van der Waals surface area (Å²) >= 11 is 0. The van der Waals surface area contributed by atoms with Crippen LogP contribution in [0.4, 0.5) is 0 Å². The lowest BCUT2D eigenvalue weighted by atomic mass is 9.80. The minimum Gasteiger partial charge on any atom is -0.461 e. The highest BCUT2D eigenvalue weighted by atomic mass is 16.6. The van der Waals surface area contributed by atoms with Crippen molar-refractivity contribution in [2.45, 2.75) is 59.0 Å². The molecule has 3 aliphatic rings. The maximum absolute atomic E-state index is 12.5. The number of allylic oxidation sites excluding steroid dienone is 2. The molecule has 5 atom stereocenters. The smallest absolute Gasteiger partial charge is 0.310 e. The van der Waals surface area contributed by atoms with Crippen LogP contribution in [0, 0.1) is 23.2 Å². The van der Waals surface area contributed by atoms with Crippen LogP contribution in [-0.2, 0) is 9.53 Å². The molecule has 22 heavy (non-hydrogen) atoms. The predicted octanol–water partition coefficient (Wildman–Crippen LogP) is 3.64. The molecular formula is C19H31NO2. The first-order valence-electron chi connectivity index (χ1n) is 8.99. The molecule has 3 heteroatoms. The van der Waals surface area contributed by atoms with Crippen molar-refractivity contribution >= 4 is 5.97 Å². The fraction of sp³-hybridized carbons (Fsp3) is 0.842. The Bertz CT molecular complexity index is 472. The molecule has 0 bridgehead atoms. The highest BCUT2D eigenvalue weighted by molar-refractivity contribution is 5.75. The molecule has 0 N–H and O–H groups in total. The summed E-state index contributed by atoms with van der Waals surface area (Å²) in [7, 11) is 2.10. The molecule has 1 aliphatic heterocycles. The third-order valence-corrected chi connectivity index (χ3v) is 6.44. The highest BCUT2D eigenvalue weighted by Crippen LogP contribution is 2.61. The zero-order valence-electron chi connectivity index (χ0n) is 14.6. The van der Waals surface area contributed by atoms with E-state index in [1.807, 2.05) is 0 Å². The van der Waals surface area contributed by atoms with Crippen LogP contribution in [0.1, 0.15) is 52.9 Å². The van der Waals surface area contributed by atoms with E-state index < -0.39 is 0 Å². The Morgan fingerprint density at radius 3 is 2.95 bits per heavy atom. The highest BCUT2D eigenvalue weighted by Gasteiger charge is 2.60.